The molecule has 0 bridgehead atoms. The van der Waals surface area contributed by atoms with Gasteiger partial charge in [-0.05, 0) is 122 Å². The van der Waals surface area contributed by atoms with E-state index in [0.29, 0.717) is 39.5 Å². The van der Waals surface area contributed by atoms with E-state index in [4.69, 9.17) is 23.1 Å². The minimum atomic E-state index is -1.75. The summed E-state index contributed by atoms with van der Waals surface area (Å²) in [4.78, 5) is 127. The number of benzene rings is 5. The van der Waals surface area contributed by atoms with Crippen LogP contribution in [0.2, 0.25) is 5.02 Å². The number of aliphatic hydroxyl groups excluding tert-OH is 1. The van der Waals surface area contributed by atoms with E-state index in [9.17, 15) is 58.5 Å². The summed E-state index contributed by atoms with van der Waals surface area (Å²) < 4.78 is 0. The standard InChI is InChI=1S/C59H70ClN11O12S2/c1-34(72)51-58(82)70-49(57(81)67-45(52(62)76)29-37-14-23-42(73)24-15-37)33-85-84-32-48(65-50(75)27-18-35-10-19-39(60)20-11-35)56(80)69-47(31-38-16-25-43(74)26-17-38)55(79)68-46(54(78)66-44(53(77)71-51)9-5-6-28-61)30-36-12-21-41(22-13-36)64-59(83)63-40-7-3-2-4-8-40/h2-4,7-8,10-17,19-26,34,44-49,51,72-74H,5-6,9,18,27-33,61H2,1H3,(H2,62,76)(H,65,75)(H,66,78)(H,67,81)(H,68,79)(H,69,80)(H,70,82)(H,71,77)(H2,63,64,83)/t34?,44-,45+,46+,47-,48+,49-,51?/m0/s1. The number of aromatic hydroxyl groups is 2. The van der Waals surface area contributed by atoms with Crippen LogP contribution in [0.4, 0.5) is 16.2 Å². The summed E-state index contributed by atoms with van der Waals surface area (Å²) in [5.74, 6) is -7.57. The van der Waals surface area contributed by atoms with Crippen LogP contribution in [-0.4, -0.2) is 135 Å². The number of phenolic OH excluding ortho intramolecular Hbond substituents is 2. The van der Waals surface area contributed by atoms with E-state index in [0.717, 1.165) is 27.2 Å². The Morgan fingerprint density at radius 2 is 1.14 bits per heavy atom. The molecule has 8 atom stereocenters. The summed E-state index contributed by atoms with van der Waals surface area (Å²) in [5, 5.41) is 55.7. The zero-order valence-corrected chi connectivity index (χ0v) is 48.8. The van der Waals surface area contributed by atoms with Crippen LogP contribution in [0.3, 0.4) is 0 Å². The third-order valence-corrected chi connectivity index (χ3v) is 16.1. The number of para-hydroxylation sites is 1. The number of unbranched alkanes of at least 4 members (excludes halogenated alkanes) is 1. The molecule has 0 aliphatic carbocycles. The molecule has 1 saturated heterocycles. The number of nitrogens with one attached hydrogen (secondary N) is 9. The Morgan fingerprint density at radius 1 is 0.624 bits per heavy atom. The lowest BCUT2D eigenvalue weighted by Gasteiger charge is -2.29. The molecule has 1 aliphatic heterocycles. The van der Waals surface area contributed by atoms with E-state index in [-0.39, 0.29) is 74.5 Å². The van der Waals surface area contributed by atoms with Gasteiger partial charge in [-0.2, -0.15) is 0 Å². The second-order valence-electron chi connectivity index (χ2n) is 20.1. The average molecular weight is 1220 g/mol. The lowest BCUT2D eigenvalue weighted by Crippen LogP contribution is -2.62. The second kappa shape index (κ2) is 33.2. The third-order valence-electron chi connectivity index (χ3n) is 13.4. The zero-order chi connectivity index (χ0) is 61.4. The van der Waals surface area contributed by atoms with Crippen molar-refractivity contribution in [3.8, 4) is 11.5 Å². The minimum absolute atomic E-state index is 0.0459. The van der Waals surface area contributed by atoms with Crippen molar-refractivity contribution in [1.82, 2.24) is 37.2 Å². The number of hydrogen-bond donors (Lipinski definition) is 14. The number of halogens is 1. The minimum Gasteiger partial charge on any atom is -0.508 e. The largest absolute Gasteiger partial charge is 0.508 e. The lowest BCUT2D eigenvalue weighted by molar-refractivity contribution is -0.136. The smallest absolute Gasteiger partial charge is 0.323 e. The molecule has 2 unspecified atom stereocenters. The van der Waals surface area contributed by atoms with Gasteiger partial charge in [0, 0.05) is 53.6 Å². The van der Waals surface area contributed by atoms with E-state index < -0.39 is 102 Å². The molecule has 23 nitrogen and oxygen atoms in total. The van der Waals surface area contributed by atoms with Crippen molar-refractivity contribution in [2.45, 2.75) is 107 Å². The highest BCUT2D eigenvalue weighted by atomic mass is 35.5. The Kier molecular flexibility index (Phi) is 25.7. The molecule has 85 heavy (non-hydrogen) atoms. The number of hydrogen-bond acceptors (Lipinski definition) is 15. The van der Waals surface area contributed by atoms with Crippen LogP contribution in [-0.2, 0) is 64.0 Å². The van der Waals surface area contributed by atoms with Crippen LogP contribution in [0, 0.1) is 0 Å². The van der Waals surface area contributed by atoms with Gasteiger partial charge in [-0.25, -0.2) is 4.79 Å². The van der Waals surface area contributed by atoms with Crippen LogP contribution in [0.5, 0.6) is 11.5 Å². The molecule has 1 fully saturated rings. The topological polar surface area (TPSA) is 375 Å². The summed E-state index contributed by atoms with van der Waals surface area (Å²) in [6.45, 7) is 1.43. The molecule has 0 saturated carbocycles. The Balaban J connectivity index is 1.37. The third kappa shape index (κ3) is 22.0. The Labute approximate surface area is 504 Å². The molecule has 26 heteroatoms. The molecule has 1 heterocycles. The fraction of sp³-hybridized carbons (Fsp3) is 0.339. The number of carbonyl (C=O) groups excluding carboxylic acids is 9. The molecule has 10 amide bonds. The van der Waals surface area contributed by atoms with E-state index >= 15 is 0 Å². The monoisotopic (exact) mass is 1220 g/mol. The molecule has 452 valence electrons. The first kappa shape index (κ1) is 65.8. The average Bonchev–Trinajstić information content (AvgIpc) is 3.66. The molecule has 16 N–H and O–H groups in total. The number of nitrogens with two attached hydrogens (primary N) is 2. The number of urea groups is 1. The van der Waals surface area contributed by atoms with Gasteiger partial charge < -0.3 is 74.6 Å². The maximum Gasteiger partial charge on any atom is 0.323 e. The molecule has 1 aliphatic rings. The normalized spacial score (nSPS) is 19.9. The van der Waals surface area contributed by atoms with Crippen LogP contribution in [0.25, 0.3) is 0 Å². The van der Waals surface area contributed by atoms with Crippen molar-refractivity contribution in [3.05, 3.63) is 155 Å². The fourth-order valence-corrected chi connectivity index (χ4v) is 11.2. The summed E-state index contributed by atoms with van der Waals surface area (Å²) in [7, 11) is 1.98. The van der Waals surface area contributed by atoms with Crippen molar-refractivity contribution in [2.24, 2.45) is 11.5 Å². The van der Waals surface area contributed by atoms with Crippen molar-refractivity contribution < 1.29 is 58.5 Å². The predicted octanol–water partition coefficient (Wildman–Crippen LogP) is 2.84. The highest BCUT2D eigenvalue weighted by molar-refractivity contribution is 8.76. The van der Waals surface area contributed by atoms with Crippen molar-refractivity contribution >= 4 is 97.9 Å². The fourth-order valence-electron chi connectivity index (χ4n) is 8.70. The van der Waals surface area contributed by atoms with Gasteiger partial charge in [0.1, 0.15) is 53.8 Å². The van der Waals surface area contributed by atoms with E-state index in [1.54, 1.807) is 78.9 Å². The number of aliphatic hydroxyl groups is 1. The van der Waals surface area contributed by atoms with Crippen molar-refractivity contribution in [1.29, 1.82) is 0 Å². The van der Waals surface area contributed by atoms with E-state index in [2.05, 4.69) is 47.9 Å². The molecule has 6 rings (SSSR count). The molecule has 5 aromatic rings. The SMILES string of the molecule is CC(O)C1NC(=O)[C@H](CCCCN)NC(=O)[C@@H](Cc2ccc(NC(=O)Nc3ccccc3)cc2)NC(=O)[C@H](Cc2ccc(O)cc2)NC(=O)[C@H](NC(=O)CCc2ccc(Cl)cc2)CSSC[C@@H](C(=O)N[C@H](Cc2ccc(O)cc2)C(N)=O)NC1=O. The number of primary amides is 1. The first-order valence-electron chi connectivity index (χ1n) is 27.3. The number of aryl methyl sites for hydroxylation is 1. The van der Waals surface area contributed by atoms with Gasteiger partial charge >= 0.3 is 6.03 Å². The van der Waals surface area contributed by atoms with Gasteiger partial charge in [0.2, 0.25) is 47.3 Å². The van der Waals surface area contributed by atoms with Gasteiger partial charge in [-0.3, -0.25) is 38.4 Å². The van der Waals surface area contributed by atoms with Crippen LogP contribution < -0.4 is 59.3 Å². The number of anilines is 2. The first-order chi connectivity index (χ1) is 40.7. The Bertz CT molecular complexity index is 3080. The van der Waals surface area contributed by atoms with Crippen molar-refractivity contribution in [3.63, 3.8) is 0 Å². The number of phenols is 2. The highest BCUT2D eigenvalue weighted by Gasteiger charge is 2.36. The molecular weight excluding hydrogens is 1150 g/mol. The predicted molar refractivity (Wildman–Crippen MR) is 325 cm³/mol. The lowest BCUT2D eigenvalue weighted by atomic mass is 10.0. The van der Waals surface area contributed by atoms with Gasteiger partial charge in [-0.1, -0.05) is 99.9 Å². The first-order valence-corrected chi connectivity index (χ1v) is 30.2. The molecule has 0 aromatic heterocycles. The summed E-state index contributed by atoms with van der Waals surface area (Å²) in [6.07, 6.45) is -1.33. The summed E-state index contributed by atoms with van der Waals surface area (Å²) in [5.41, 5.74) is 14.7. The second-order valence-corrected chi connectivity index (χ2v) is 23.1. The van der Waals surface area contributed by atoms with Crippen LogP contribution in [0.1, 0.15) is 54.9 Å². The van der Waals surface area contributed by atoms with Gasteiger partial charge in [0.05, 0.1) is 6.10 Å². The van der Waals surface area contributed by atoms with Crippen LogP contribution in [0.15, 0.2) is 127 Å². The Morgan fingerprint density at radius 3 is 1.72 bits per heavy atom. The van der Waals surface area contributed by atoms with Crippen molar-refractivity contribution in [2.75, 3.05) is 28.7 Å². The van der Waals surface area contributed by atoms with Gasteiger partial charge in [0.15, 0.2) is 0 Å². The number of rotatable bonds is 20. The summed E-state index contributed by atoms with van der Waals surface area (Å²) in [6, 6.07) is 22.7. The van der Waals surface area contributed by atoms with Crippen LogP contribution >= 0.6 is 33.2 Å². The quantitative estimate of drug-likeness (QED) is 0.0394. The Hall–Kier alpha value is -8.36. The maximum absolute atomic E-state index is 14.9. The van der Waals surface area contributed by atoms with Gasteiger partial charge in [-0.15, -0.1) is 0 Å². The molecule has 0 spiro atoms. The van der Waals surface area contributed by atoms with Gasteiger partial charge in [0.25, 0.3) is 0 Å². The maximum atomic E-state index is 14.9. The van der Waals surface area contributed by atoms with E-state index in [1.165, 1.54) is 55.5 Å². The molecule has 5 aromatic carbocycles. The summed E-state index contributed by atoms with van der Waals surface area (Å²) >= 11 is 6.09. The number of amides is 10. The zero-order valence-electron chi connectivity index (χ0n) is 46.4. The molecular formula is C59H70ClN11O12S2. The van der Waals surface area contributed by atoms with E-state index in [1.807, 2.05) is 0 Å². The molecule has 0 radical (unpaired) electrons. The highest BCUT2D eigenvalue weighted by Crippen LogP contribution is 2.25. The number of carbonyl (C=O) groups is 9.